The molecule has 0 fully saturated rings. The van der Waals surface area contributed by atoms with Crippen molar-refractivity contribution < 1.29 is 13.2 Å². The summed E-state index contributed by atoms with van der Waals surface area (Å²) in [5.74, 6) is -2.32. The van der Waals surface area contributed by atoms with Crippen LogP contribution in [0.25, 0.3) is 11.1 Å². The zero-order chi connectivity index (χ0) is 12.4. The van der Waals surface area contributed by atoms with E-state index in [-0.39, 0.29) is 11.4 Å². The van der Waals surface area contributed by atoms with Crippen LogP contribution in [-0.2, 0) is 5.88 Å². The number of rotatable bonds is 2. The summed E-state index contributed by atoms with van der Waals surface area (Å²) in [6, 6.07) is 7.66. The fourth-order valence-corrected chi connectivity index (χ4v) is 1.87. The van der Waals surface area contributed by atoms with Gasteiger partial charge in [-0.1, -0.05) is 18.2 Å². The van der Waals surface area contributed by atoms with Crippen LogP contribution in [0, 0.1) is 17.5 Å². The van der Waals surface area contributed by atoms with Crippen molar-refractivity contribution in [3.63, 3.8) is 0 Å². The SMILES string of the molecule is Fc1ccc(-c2cccc(F)c2F)c(CCl)c1. The standard InChI is InChI=1S/C13H8ClF3/c14-7-8-6-9(15)4-5-10(8)11-2-1-3-12(16)13(11)17/h1-6H,7H2. The first-order valence-electron chi connectivity index (χ1n) is 4.92. The Bertz CT molecular complexity index is 552. The molecule has 0 unspecified atom stereocenters. The average Bonchev–Trinajstić information content (AvgIpc) is 2.33. The van der Waals surface area contributed by atoms with E-state index in [0.717, 1.165) is 6.07 Å². The van der Waals surface area contributed by atoms with Crippen molar-refractivity contribution in [2.45, 2.75) is 5.88 Å². The summed E-state index contributed by atoms with van der Waals surface area (Å²) in [6.45, 7) is 0. The number of hydrogen-bond donors (Lipinski definition) is 0. The zero-order valence-corrected chi connectivity index (χ0v) is 9.44. The summed E-state index contributed by atoms with van der Waals surface area (Å²) < 4.78 is 39.7. The summed E-state index contributed by atoms with van der Waals surface area (Å²) in [6.07, 6.45) is 0. The molecule has 0 amide bonds. The molecule has 0 aromatic heterocycles. The third-order valence-electron chi connectivity index (χ3n) is 2.45. The van der Waals surface area contributed by atoms with Crippen LogP contribution in [0.15, 0.2) is 36.4 Å². The Morgan fingerprint density at radius 3 is 2.41 bits per heavy atom. The highest BCUT2D eigenvalue weighted by atomic mass is 35.5. The second-order valence-corrected chi connectivity index (χ2v) is 3.80. The van der Waals surface area contributed by atoms with Gasteiger partial charge in [0.25, 0.3) is 0 Å². The van der Waals surface area contributed by atoms with Crippen LogP contribution in [0.4, 0.5) is 13.2 Å². The summed E-state index contributed by atoms with van der Waals surface area (Å²) >= 11 is 5.66. The van der Waals surface area contributed by atoms with Crippen LogP contribution < -0.4 is 0 Å². The molecule has 0 spiro atoms. The van der Waals surface area contributed by atoms with Crippen molar-refractivity contribution in [1.29, 1.82) is 0 Å². The van der Waals surface area contributed by atoms with Crippen LogP contribution in [0.3, 0.4) is 0 Å². The van der Waals surface area contributed by atoms with E-state index in [1.54, 1.807) is 0 Å². The Balaban J connectivity index is 2.64. The maximum atomic E-state index is 13.6. The average molecular weight is 257 g/mol. The Kier molecular flexibility index (Phi) is 3.38. The smallest absolute Gasteiger partial charge is 0.166 e. The fourth-order valence-electron chi connectivity index (χ4n) is 1.65. The Morgan fingerprint density at radius 1 is 0.941 bits per heavy atom. The second kappa shape index (κ2) is 4.80. The fraction of sp³-hybridized carbons (Fsp3) is 0.0769. The molecule has 17 heavy (non-hydrogen) atoms. The molecule has 0 N–H and O–H groups in total. The van der Waals surface area contributed by atoms with E-state index in [1.807, 2.05) is 0 Å². The zero-order valence-electron chi connectivity index (χ0n) is 8.68. The molecule has 4 heteroatoms. The molecular weight excluding hydrogens is 249 g/mol. The molecule has 2 aromatic rings. The minimum atomic E-state index is -0.953. The molecule has 0 radical (unpaired) electrons. The van der Waals surface area contributed by atoms with Gasteiger partial charge in [-0.05, 0) is 29.3 Å². The molecule has 2 aromatic carbocycles. The quantitative estimate of drug-likeness (QED) is 0.694. The molecule has 0 bridgehead atoms. The van der Waals surface area contributed by atoms with Crippen LogP contribution in [0.2, 0.25) is 0 Å². The minimum absolute atomic E-state index is 0.0308. The Morgan fingerprint density at radius 2 is 1.71 bits per heavy atom. The van der Waals surface area contributed by atoms with Gasteiger partial charge >= 0.3 is 0 Å². The van der Waals surface area contributed by atoms with Crippen LogP contribution in [-0.4, -0.2) is 0 Å². The van der Waals surface area contributed by atoms with Crippen LogP contribution >= 0.6 is 11.6 Å². The lowest BCUT2D eigenvalue weighted by molar-refractivity contribution is 0.511. The second-order valence-electron chi connectivity index (χ2n) is 3.54. The number of hydrogen-bond acceptors (Lipinski definition) is 0. The molecule has 2 rings (SSSR count). The lowest BCUT2D eigenvalue weighted by Gasteiger charge is -2.09. The number of alkyl halides is 1. The van der Waals surface area contributed by atoms with Gasteiger partial charge in [0.05, 0.1) is 0 Å². The highest BCUT2D eigenvalue weighted by Gasteiger charge is 2.13. The largest absolute Gasteiger partial charge is 0.207 e. The van der Waals surface area contributed by atoms with Crippen LogP contribution in [0.5, 0.6) is 0 Å². The summed E-state index contributed by atoms with van der Waals surface area (Å²) in [4.78, 5) is 0. The first kappa shape index (κ1) is 12.0. The van der Waals surface area contributed by atoms with E-state index < -0.39 is 17.5 Å². The molecule has 88 valence electrons. The lowest BCUT2D eigenvalue weighted by atomic mass is 10.00. The molecule has 0 nitrogen and oxygen atoms in total. The van der Waals surface area contributed by atoms with E-state index in [0.29, 0.717) is 11.1 Å². The summed E-state index contributed by atoms with van der Waals surface area (Å²) in [7, 11) is 0. The molecular formula is C13H8ClF3. The molecule has 0 atom stereocenters. The van der Waals surface area contributed by atoms with Crippen molar-refractivity contribution >= 4 is 11.6 Å². The molecule has 0 saturated carbocycles. The molecule has 0 saturated heterocycles. The summed E-state index contributed by atoms with van der Waals surface area (Å²) in [5.41, 5.74) is 0.912. The number of benzene rings is 2. The van der Waals surface area contributed by atoms with E-state index in [9.17, 15) is 13.2 Å². The highest BCUT2D eigenvalue weighted by Crippen LogP contribution is 2.29. The molecule has 0 aliphatic heterocycles. The van der Waals surface area contributed by atoms with E-state index >= 15 is 0 Å². The third kappa shape index (κ3) is 2.29. The Labute approximate surface area is 102 Å². The van der Waals surface area contributed by atoms with E-state index in [1.165, 1.54) is 30.3 Å². The van der Waals surface area contributed by atoms with Gasteiger partial charge in [-0.2, -0.15) is 0 Å². The topological polar surface area (TPSA) is 0 Å². The number of halogens is 4. The van der Waals surface area contributed by atoms with Crippen LogP contribution in [0.1, 0.15) is 5.56 Å². The predicted octanol–water partition coefficient (Wildman–Crippen LogP) is 4.51. The first-order chi connectivity index (χ1) is 8.13. The van der Waals surface area contributed by atoms with Crippen molar-refractivity contribution in [3.8, 4) is 11.1 Å². The normalized spacial score (nSPS) is 10.6. The van der Waals surface area contributed by atoms with Gasteiger partial charge < -0.3 is 0 Å². The summed E-state index contributed by atoms with van der Waals surface area (Å²) in [5, 5.41) is 0. The van der Waals surface area contributed by atoms with Gasteiger partial charge in [0, 0.05) is 11.4 Å². The van der Waals surface area contributed by atoms with Crippen molar-refractivity contribution in [2.24, 2.45) is 0 Å². The van der Waals surface area contributed by atoms with Gasteiger partial charge in [0.2, 0.25) is 0 Å². The van der Waals surface area contributed by atoms with E-state index in [4.69, 9.17) is 11.6 Å². The maximum Gasteiger partial charge on any atom is 0.166 e. The van der Waals surface area contributed by atoms with Crippen molar-refractivity contribution in [1.82, 2.24) is 0 Å². The monoisotopic (exact) mass is 256 g/mol. The van der Waals surface area contributed by atoms with E-state index in [2.05, 4.69) is 0 Å². The van der Waals surface area contributed by atoms with Gasteiger partial charge in [0.1, 0.15) is 5.82 Å². The Hall–Kier alpha value is -1.48. The predicted molar refractivity (Wildman–Crippen MR) is 61.3 cm³/mol. The third-order valence-corrected chi connectivity index (χ3v) is 2.74. The van der Waals surface area contributed by atoms with Gasteiger partial charge in [-0.25, -0.2) is 13.2 Å². The molecule has 0 heterocycles. The van der Waals surface area contributed by atoms with Gasteiger partial charge in [-0.15, -0.1) is 11.6 Å². The first-order valence-corrected chi connectivity index (χ1v) is 5.45. The lowest BCUT2D eigenvalue weighted by Crippen LogP contribution is -1.93. The van der Waals surface area contributed by atoms with Crippen molar-refractivity contribution in [2.75, 3.05) is 0 Å². The van der Waals surface area contributed by atoms with Gasteiger partial charge in [0.15, 0.2) is 11.6 Å². The highest BCUT2D eigenvalue weighted by molar-refractivity contribution is 6.17. The van der Waals surface area contributed by atoms with Gasteiger partial charge in [-0.3, -0.25) is 0 Å². The van der Waals surface area contributed by atoms with Crippen molar-refractivity contribution in [3.05, 3.63) is 59.4 Å². The molecule has 0 aliphatic carbocycles. The molecule has 0 aliphatic rings. The maximum absolute atomic E-state index is 13.6. The minimum Gasteiger partial charge on any atom is -0.207 e.